The number of rotatable bonds is 9. The fraction of sp³-hybridized carbons (Fsp3) is 0.421. The first-order valence-electron chi connectivity index (χ1n) is 9.08. The SMILES string of the molecule is CCOCCCN(Cc1nc(C(=O)OC)cs1)C(=O)Nc1cccc(C(F)(F)F)c1. The predicted octanol–water partition coefficient (Wildman–Crippen LogP) is 4.41. The van der Waals surface area contributed by atoms with Crippen LogP contribution in [0.5, 0.6) is 0 Å². The number of nitrogens with zero attached hydrogens (tertiary/aromatic N) is 2. The zero-order valence-electron chi connectivity index (χ0n) is 16.5. The molecule has 164 valence electrons. The number of benzene rings is 1. The molecule has 0 unspecified atom stereocenters. The Morgan fingerprint density at radius 1 is 1.30 bits per heavy atom. The number of carbonyl (C=O) groups excluding carboxylic acids is 2. The van der Waals surface area contributed by atoms with E-state index in [9.17, 15) is 22.8 Å². The summed E-state index contributed by atoms with van der Waals surface area (Å²) >= 11 is 1.18. The van der Waals surface area contributed by atoms with Gasteiger partial charge in [0.05, 0.1) is 19.2 Å². The highest BCUT2D eigenvalue weighted by Crippen LogP contribution is 2.30. The fourth-order valence-corrected chi connectivity index (χ4v) is 3.25. The van der Waals surface area contributed by atoms with Crippen LogP contribution in [0.2, 0.25) is 0 Å². The summed E-state index contributed by atoms with van der Waals surface area (Å²) in [7, 11) is 1.24. The van der Waals surface area contributed by atoms with E-state index >= 15 is 0 Å². The summed E-state index contributed by atoms with van der Waals surface area (Å²) in [5.41, 5.74) is -0.699. The Balaban J connectivity index is 2.12. The number of esters is 1. The number of methoxy groups -OCH3 is 1. The van der Waals surface area contributed by atoms with Gasteiger partial charge in [0, 0.05) is 30.8 Å². The highest BCUT2D eigenvalue weighted by molar-refractivity contribution is 7.09. The van der Waals surface area contributed by atoms with Gasteiger partial charge in [-0.3, -0.25) is 0 Å². The maximum Gasteiger partial charge on any atom is 0.416 e. The van der Waals surface area contributed by atoms with Crippen LogP contribution in [0.1, 0.15) is 34.4 Å². The molecule has 7 nitrogen and oxygen atoms in total. The standard InChI is InChI=1S/C19H22F3N3O4S/c1-3-29-9-5-8-25(11-16-24-15(12-30-16)17(26)28-2)18(27)23-14-7-4-6-13(10-14)19(20,21)22/h4,6-7,10,12H,3,5,8-9,11H2,1-2H3,(H,23,27). The van der Waals surface area contributed by atoms with Crippen LogP contribution < -0.4 is 5.32 Å². The molecule has 0 saturated heterocycles. The van der Waals surface area contributed by atoms with Gasteiger partial charge in [-0.15, -0.1) is 11.3 Å². The minimum Gasteiger partial charge on any atom is -0.464 e. The van der Waals surface area contributed by atoms with Crippen molar-refractivity contribution in [3.8, 4) is 0 Å². The van der Waals surface area contributed by atoms with Crippen LogP contribution in [0.15, 0.2) is 29.6 Å². The Morgan fingerprint density at radius 3 is 2.73 bits per heavy atom. The molecule has 0 atom stereocenters. The number of hydrogen-bond acceptors (Lipinski definition) is 6. The van der Waals surface area contributed by atoms with Crippen molar-refractivity contribution in [1.29, 1.82) is 0 Å². The number of aromatic nitrogens is 1. The third-order valence-electron chi connectivity index (χ3n) is 3.92. The topological polar surface area (TPSA) is 80.8 Å². The lowest BCUT2D eigenvalue weighted by Crippen LogP contribution is -2.35. The maximum atomic E-state index is 12.9. The number of ether oxygens (including phenoxy) is 2. The molecular weight excluding hydrogens is 423 g/mol. The first kappa shape index (κ1) is 23.6. The van der Waals surface area contributed by atoms with E-state index in [1.54, 1.807) is 0 Å². The minimum atomic E-state index is -4.51. The zero-order chi connectivity index (χ0) is 22.1. The van der Waals surface area contributed by atoms with Gasteiger partial charge in [-0.2, -0.15) is 13.2 Å². The molecule has 2 rings (SSSR count). The zero-order valence-corrected chi connectivity index (χ0v) is 17.3. The molecule has 0 fully saturated rings. The number of carbonyl (C=O) groups is 2. The van der Waals surface area contributed by atoms with Crippen LogP contribution in [0.3, 0.4) is 0 Å². The highest BCUT2D eigenvalue weighted by Gasteiger charge is 2.30. The third kappa shape index (κ3) is 6.99. The summed E-state index contributed by atoms with van der Waals surface area (Å²) in [5, 5.41) is 4.50. The smallest absolute Gasteiger partial charge is 0.416 e. The Labute approximate surface area is 175 Å². The van der Waals surface area contributed by atoms with Gasteiger partial charge in [0.25, 0.3) is 0 Å². The lowest BCUT2D eigenvalue weighted by molar-refractivity contribution is -0.137. The lowest BCUT2D eigenvalue weighted by atomic mass is 10.2. The van der Waals surface area contributed by atoms with Gasteiger partial charge < -0.3 is 19.7 Å². The van der Waals surface area contributed by atoms with E-state index in [-0.39, 0.29) is 24.5 Å². The van der Waals surface area contributed by atoms with Gasteiger partial charge in [0.1, 0.15) is 5.01 Å². The average molecular weight is 445 g/mol. The second kappa shape index (κ2) is 10.9. The Kier molecular flexibility index (Phi) is 8.60. The molecule has 30 heavy (non-hydrogen) atoms. The summed E-state index contributed by atoms with van der Waals surface area (Å²) in [6.45, 7) is 3.18. The second-order valence-corrected chi connectivity index (χ2v) is 7.04. The summed E-state index contributed by atoms with van der Waals surface area (Å²) in [5.74, 6) is -0.589. The molecule has 1 N–H and O–H groups in total. The van der Waals surface area contributed by atoms with Crippen molar-refractivity contribution < 1.29 is 32.2 Å². The van der Waals surface area contributed by atoms with Crippen molar-refractivity contribution in [3.05, 3.63) is 45.9 Å². The molecule has 11 heteroatoms. The molecule has 1 aromatic heterocycles. The highest BCUT2D eigenvalue weighted by atomic mass is 32.1. The third-order valence-corrected chi connectivity index (χ3v) is 4.76. The summed E-state index contributed by atoms with van der Waals surface area (Å²) in [6, 6.07) is 3.82. The maximum absolute atomic E-state index is 12.9. The number of hydrogen-bond donors (Lipinski definition) is 1. The van der Waals surface area contributed by atoms with E-state index in [0.29, 0.717) is 24.6 Å². The van der Waals surface area contributed by atoms with Crippen LogP contribution in [0.25, 0.3) is 0 Å². The second-order valence-electron chi connectivity index (χ2n) is 6.10. The summed E-state index contributed by atoms with van der Waals surface area (Å²) in [6.07, 6.45) is -3.98. The van der Waals surface area contributed by atoms with E-state index in [4.69, 9.17) is 4.74 Å². The van der Waals surface area contributed by atoms with Gasteiger partial charge >= 0.3 is 18.2 Å². The van der Waals surface area contributed by atoms with Crippen LogP contribution in [-0.2, 0) is 22.2 Å². The molecule has 2 aromatic rings. The number of halogens is 3. The predicted molar refractivity (Wildman–Crippen MR) is 105 cm³/mol. The largest absolute Gasteiger partial charge is 0.464 e. The van der Waals surface area contributed by atoms with E-state index in [1.807, 2.05) is 6.92 Å². The molecular formula is C19H22F3N3O4S. The first-order valence-corrected chi connectivity index (χ1v) is 9.96. The van der Waals surface area contributed by atoms with Gasteiger partial charge in [-0.05, 0) is 31.5 Å². The van der Waals surface area contributed by atoms with Crippen molar-refractivity contribution in [2.24, 2.45) is 0 Å². The van der Waals surface area contributed by atoms with Crippen molar-refractivity contribution in [1.82, 2.24) is 9.88 Å². The van der Waals surface area contributed by atoms with Gasteiger partial charge in [-0.25, -0.2) is 14.6 Å². The van der Waals surface area contributed by atoms with Gasteiger partial charge in [0.15, 0.2) is 5.69 Å². The minimum absolute atomic E-state index is 0.0269. The van der Waals surface area contributed by atoms with Crippen LogP contribution in [0.4, 0.5) is 23.7 Å². The van der Waals surface area contributed by atoms with E-state index in [0.717, 1.165) is 12.1 Å². The van der Waals surface area contributed by atoms with E-state index in [2.05, 4.69) is 15.0 Å². The van der Waals surface area contributed by atoms with Crippen LogP contribution in [0, 0.1) is 0 Å². The number of anilines is 1. The number of nitrogens with one attached hydrogen (secondary N) is 1. The quantitative estimate of drug-likeness (QED) is 0.457. The molecule has 0 aliphatic heterocycles. The number of amides is 2. The monoisotopic (exact) mass is 445 g/mol. The average Bonchev–Trinajstić information content (AvgIpc) is 3.18. The molecule has 0 aliphatic carbocycles. The Morgan fingerprint density at radius 2 is 2.07 bits per heavy atom. The van der Waals surface area contributed by atoms with Gasteiger partial charge in [0.2, 0.25) is 0 Å². The van der Waals surface area contributed by atoms with Crippen molar-refractivity contribution >= 4 is 29.0 Å². The molecule has 0 aliphatic rings. The molecule has 0 bridgehead atoms. The van der Waals surface area contributed by atoms with Crippen molar-refractivity contribution in [2.75, 3.05) is 32.2 Å². The number of alkyl halides is 3. The van der Waals surface area contributed by atoms with Crippen molar-refractivity contribution in [3.63, 3.8) is 0 Å². The Bertz CT molecular complexity index is 858. The molecule has 0 saturated carbocycles. The first-order chi connectivity index (χ1) is 14.2. The summed E-state index contributed by atoms with van der Waals surface area (Å²) in [4.78, 5) is 29.8. The fourth-order valence-electron chi connectivity index (χ4n) is 2.48. The Hall–Kier alpha value is -2.66. The molecule has 0 radical (unpaired) electrons. The molecule has 2 amide bonds. The molecule has 1 heterocycles. The summed E-state index contributed by atoms with van der Waals surface area (Å²) < 4.78 is 48.6. The lowest BCUT2D eigenvalue weighted by Gasteiger charge is -2.22. The van der Waals surface area contributed by atoms with E-state index in [1.165, 1.54) is 40.9 Å². The van der Waals surface area contributed by atoms with Crippen LogP contribution in [-0.4, -0.2) is 48.8 Å². The van der Waals surface area contributed by atoms with Crippen LogP contribution >= 0.6 is 11.3 Å². The number of urea groups is 1. The van der Waals surface area contributed by atoms with Crippen molar-refractivity contribution in [2.45, 2.75) is 26.1 Å². The van der Waals surface area contributed by atoms with E-state index < -0.39 is 23.7 Å². The molecule has 0 spiro atoms. The molecule has 1 aromatic carbocycles. The van der Waals surface area contributed by atoms with Gasteiger partial charge in [-0.1, -0.05) is 6.07 Å². The normalized spacial score (nSPS) is 11.2. The number of thiazole rings is 1.